The SMILES string of the molecule is CCN1C[C@H](C(=O)O)[C@@H](C2CC2)C1. The monoisotopic (exact) mass is 183 g/mol. The third kappa shape index (κ3) is 1.70. The van der Waals surface area contributed by atoms with Crippen molar-refractivity contribution in [1.29, 1.82) is 0 Å². The molecule has 0 aromatic carbocycles. The highest BCUT2D eigenvalue weighted by molar-refractivity contribution is 5.71. The standard InChI is InChI=1S/C10H17NO2/c1-2-11-5-8(7-3-4-7)9(6-11)10(12)13/h7-9H,2-6H2,1H3,(H,12,13)/t8-,9+/m1/s1. The summed E-state index contributed by atoms with van der Waals surface area (Å²) in [7, 11) is 0. The maximum absolute atomic E-state index is 11.0. The Morgan fingerprint density at radius 3 is 2.62 bits per heavy atom. The number of carboxylic acid groups (broad SMARTS) is 1. The lowest BCUT2D eigenvalue weighted by Crippen LogP contribution is -2.24. The second-order valence-electron chi connectivity index (χ2n) is 4.30. The second-order valence-corrected chi connectivity index (χ2v) is 4.30. The molecule has 0 aromatic heterocycles. The van der Waals surface area contributed by atoms with E-state index < -0.39 is 5.97 Å². The summed E-state index contributed by atoms with van der Waals surface area (Å²) in [6.45, 7) is 4.88. The van der Waals surface area contributed by atoms with Crippen LogP contribution in [0, 0.1) is 17.8 Å². The van der Waals surface area contributed by atoms with Crippen LogP contribution in [0.5, 0.6) is 0 Å². The molecular formula is C10H17NO2. The molecule has 1 N–H and O–H groups in total. The van der Waals surface area contributed by atoms with Gasteiger partial charge in [-0.05, 0) is 31.2 Å². The van der Waals surface area contributed by atoms with Crippen LogP contribution in [-0.4, -0.2) is 35.6 Å². The van der Waals surface area contributed by atoms with E-state index in [4.69, 9.17) is 5.11 Å². The molecule has 2 rings (SSSR count). The highest BCUT2D eigenvalue weighted by Gasteiger charge is 2.44. The van der Waals surface area contributed by atoms with Gasteiger partial charge in [-0.2, -0.15) is 0 Å². The number of hydrogen-bond acceptors (Lipinski definition) is 2. The predicted molar refractivity (Wildman–Crippen MR) is 49.5 cm³/mol. The van der Waals surface area contributed by atoms with Crippen molar-refractivity contribution in [2.75, 3.05) is 19.6 Å². The number of nitrogens with zero attached hydrogens (tertiary/aromatic N) is 1. The lowest BCUT2D eigenvalue weighted by atomic mass is 9.92. The Kier molecular flexibility index (Phi) is 2.28. The Bertz CT molecular complexity index is 213. The molecule has 0 radical (unpaired) electrons. The minimum absolute atomic E-state index is 0.0903. The van der Waals surface area contributed by atoms with E-state index in [1.165, 1.54) is 12.8 Å². The third-order valence-electron chi connectivity index (χ3n) is 3.43. The molecule has 2 fully saturated rings. The van der Waals surface area contributed by atoms with Crippen LogP contribution in [-0.2, 0) is 4.79 Å². The quantitative estimate of drug-likeness (QED) is 0.711. The number of carboxylic acids is 1. The van der Waals surface area contributed by atoms with E-state index in [0.29, 0.717) is 5.92 Å². The van der Waals surface area contributed by atoms with Crippen LogP contribution >= 0.6 is 0 Å². The smallest absolute Gasteiger partial charge is 0.308 e. The summed E-state index contributed by atoms with van der Waals surface area (Å²) >= 11 is 0. The maximum atomic E-state index is 11.0. The summed E-state index contributed by atoms with van der Waals surface area (Å²) < 4.78 is 0. The molecule has 0 unspecified atom stereocenters. The van der Waals surface area contributed by atoms with Gasteiger partial charge in [-0.1, -0.05) is 6.92 Å². The fourth-order valence-corrected chi connectivity index (χ4v) is 2.43. The van der Waals surface area contributed by atoms with Crippen molar-refractivity contribution in [2.45, 2.75) is 19.8 Å². The van der Waals surface area contributed by atoms with Crippen molar-refractivity contribution < 1.29 is 9.90 Å². The van der Waals surface area contributed by atoms with Crippen LogP contribution < -0.4 is 0 Å². The highest BCUT2D eigenvalue weighted by atomic mass is 16.4. The molecule has 2 aliphatic rings. The van der Waals surface area contributed by atoms with E-state index in [0.717, 1.165) is 25.6 Å². The van der Waals surface area contributed by atoms with Crippen molar-refractivity contribution in [2.24, 2.45) is 17.8 Å². The Balaban J connectivity index is 2.02. The van der Waals surface area contributed by atoms with Crippen LogP contribution in [0.3, 0.4) is 0 Å². The van der Waals surface area contributed by atoms with E-state index in [2.05, 4.69) is 11.8 Å². The molecule has 3 nitrogen and oxygen atoms in total. The lowest BCUT2D eigenvalue weighted by molar-refractivity contribution is -0.142. The Labute approximate surface area is 78.7 Å². The van der Waals surface area contributed by atoms with E-state index in [-0.39, 0.29) is 5.92 Å². The first-order valence-electron chi connectivity index (χ1n) is 5.17. The number of carbonyl (C=O) groups is 1. The zero-order valence-corrected chi connectivity index (χ0v) is 8.07. The minimum atomic E-state index is -0.590. The van der Waals surface area contributed by atoms with Gasteiger partial charge in [0.2, 0.25) is 0 Å². The van der Waals surface area contributed by atoms with Crippen molar-refractivity contribution >= 4 is 5.97 Å². The minimum Gasteiger partial charge on any atom is -0.481 e. The zero-order valence-electron chi connectivity index (χ0n) is 8.07. The molecule has 1 saturated heterocycles. The Hall–Kier alpha value is -0.570. The van der Waals surface area contributed by atoms with Crippen LogP contribution in [0.15, 0.2) is 0 Å². The van der Waals surface area contributed by atoms with Gasteiger partial charge in [0.15, 0.2) is 0 Å². The molecule has 74 valence electrons. The highest BCUT2D eigenvalue weighted by Crippen LogP contribution is 2.43. The normalized spacial score (nSPS) is 35.2. The van der Waals surface area contributed by atoms with Crippen molar-refractivity contribution in [1.82, 2.24) is 4.90 Å². The van der Waals surface area contributed by atoms with Gasteiger partial charge in [0.25, 0.3) is 0 Å². The molecule has 0 amide bonds. The van der Waals surface area contributed by atoms with E-state index >= 15 is 0 Å². The predicted octanol–water partition coefficient (Wildman–Crippen LogP) is 1.05. The first-order chi connectivity index (χ1) is 6.22. The van der Waals surface area contributed by atoms with Crippen molar-refractivity contribution in [3.63, 3.8) is 0 Å². The summed E-state index contributed by atoms with van der Waals surface area (Å²) in [5.41, 5.74) is 0. The molecule has 3 heteroatoms. The molecule has 0 spiro atoms. The second kappa shape index (κ2) is 3.29. The van der Waals surface area contributed by atoms with Crippen LogP contribution in [0.25, 0.3) is 0 Å². The number of aliphatic carboxylic acids is 1. The summed E-state index contributed by atoms with van der Waals surface area (Å²) in [5, 5.41) is 9.05. The molecule has 2 atom stereocenters. The van der Waals surface area contributed by atoms with E-state index in [1.54, 1.807) is 0 Å². The summed E-state index contributed by atoms with van der Waals surface area (Å²) in [5.74, 6) is 0.482. The van der Waals surface area contributed by atoms with Crippen LogP contribution in [0.1, 0.15) is 19.8 Å². The topological polar surface area (TPSA) is 40.5 Å². The maximum Gasteiger partial charge on any atom is 0.308 e. The molecule has 0 bridgehead atoms. The van der Waals surface area contributed by atoms with Crippen LogP contribution in [0.2, 0.25) is 0 Å². The Morgan fingerprint density at radius 2 is 2.15 bits per heavy atom. The van der Waals surface area contributed by atoms with E-state index in [9.17, 15) is 4.79 Å². The van der Waals surface area contributed by atoms with Gasteiger partial charge >= 0.3 is 5.97 Å². The lowest BCUT2D eigenvalue weighted by Gasteiger charge is -2.12. The molecule has 1 saturated carbocycles. The van der Waals surface area contributed by atoms with Crippen molar-refractivity contribution in [3.8, 4) is 0 Å². The van der Waals surface area contributed by atoms with Gasteiger partial charge in [-0.15, -0.1) is 0 Å². The molecule has 13 heavy (non-hydrogen) atoms. The summed E-state index contributed by atoms with van der Waals surface area (Å²) in [6.07, 6.45) is 2.51. The summed E-state index contributed by atoms with van der Waals surface area (Å²) in [4.78, 5) is 13.2. The first kappa shape index (κ1) is 9.00. The van der Waals surface area contributed by atoms with E-state index in [1.807, 2.05) is 0 Å². The summed E-state index contributed by atoms with van der Waals surface area (Å²) in [6, 6.07) is 0. The average molecular weight is 183 g/mol. The van der Waals surface area contributed by atoms with Gasteiger partial charge in [0, 0.05) is 13.1 Å². The Morgan fingerprint density at radius 1 is 1.46 bits per heavy atom. The average Bonchev–Trinajstić information content (AvgIpc) is 2.84. The molecule has 1 aliphatic heterocycles. The van der Waals surface area contributed by atoms with Gasteiger partial charge in [-0.25, -0.2) is 0 Å². The number of likely N-dealkylation sites (tertiary alicyclic amines) is 1. The molecule has 1 heterocycles. The van der Waals surface area contributed by atoms with Gasteiger partial charge in [0.1, 0.15) is 0 Å². The van der Waals surface area contributed by atoms with Crippen LogP contribution in [0.4, 0.5) is 0 Å². The van der Waals surface area contributed by atoms with Gasteiger partial charge in [0.05, 0.1) is 5.92 Å². The largest absolute Gasteiger partial charge is 0.481 e. The molecule has 0 aromatic rings. The fourth-order valence-electron chi connectivity index (χ4n) is 2.43. The zero-order chi connectivity index (χ0) is 9.42. The van der Waals surface area contributed by atoms with Crippen molar-refractivity contribution in [3.05, 3.63) is 0 Å². The first-order valence-corrected chi connectivity index (χ1v) is 5.17. The number of rotatable bonds is 3. The number of hydrogen-bond donors (Lipinski definition) is 1. The fraction of sp³-hybridized carbons (Fsp3) is 0.900. The molecule has 1 aliphatic carbocycles. The third-order valence-corrected chi connectivity index (χ3v) is 3.43. The van der Waals surface area contributed by atoms with Gasteiger partial charge in [-0.3, -0.25) is 4.79 Å². The van der Waals surface area contributed by atoms with Gasteiger partial charge < -0.3 is 10.0 Å². The molecular weight excluding hydrogens is 166 g/mol.